The molecule has 0 aliphatic rings. The van der Waals surface area contributed by atoms with Crippen LogP contribution in [0.25, 0.3) is 6.08 Å². The van der Waals surface area contributed by atoms with Crippen LogP contribution in [0.5, 0.6) is 11.5 Å². The predicted molar refractivity (Wildman–Crippen MR) is 86.1 cm³/mol. The number of nitriles is 1. The first-order chi connectivity index (χ1) is 10.2. The van der Waals surface area contributed by atoms with E-state index in [-0.39, 0.29) is 0 Å². The molecule has 21 heavy (non-hydrogen) atoms. The first-order valence-corrected chi connectivity index (χ1v) is 7.14. The summed E-state index contributed by atoms with van der Waals surface area (Å²) in [4.78, 5) is 0. The Morgan fingerprint density at radius 2 is 2.00 bits per heavy atom. The Morgan fingerprint density at radius 3 is 2.67 bits per heavy atom. The fourth-order valence-electron chi connectivity index (χ4n) is 1.84. The number of allylic oxidation sites excluding steroid dienone is 1. The third-order valence-corrected chi connectivity index (χ3v) is 3.42. The van der Waals surface area contributed by atoms with Gasteiger partial charge in [-0.25, -0.2) is 0 Å². The van der Waals surface area contributed by atoms with E-state index in [4.69, 9.17) is 14.7 Å². The first kappa shape index (κ1) is 15.1. The van der Waals surface area contributed by atoms with Gasteiger partial charge in [-0.3, -0.25) is 0 Å². The van der Waals surface area contributed by atoms with Gasteiger partial charge in [-0.15, -0.1) is 0 Å². The van der Waals surface area contributed by atoms with Crippen molar-refractivity contribution in [1.82, 2.24) is 0 Å². The summed E-state index contributed by atoms with van der Waals surface area (Å²) in [5.74, 6) is 1.27. The molecule has 0 atom stereocenters. The monoisotopic (exact) mass is 343 g/mol. The molecular weight excluding hydrogens is 330 g/mol. The van der Waals surface area contributed by atoms with Gasteiger partial charge in [0.05, 0.1) is 17.7 Å². The van der Waals surface area contributed by atoms with Crippen molar-refractivity contribution in [2.24, 2.45) is 0 Å². The van der Waals surface area contributed by atoms with Crippen molar-refractivity contribution in [3.8, 4) is 17.6 Å². The molecule has 0 N–H and O–H groups in total. The Hall–Kier alpha value is -2.25. The Balaban J connectivity index is 2.23. The maximum Gasteiger partial charge on any atom is 0.175 e. The molecule has 0 aromatic heterocycles. The standard InChI is InChI=1S/C17H14BrNO2/c1-20-16-11-14(8-5-9-19)10-15(18)17(16)21-12-13-6-3-2-4-7-13/h2-8,10-11H,12H2,1H3/b8-5+. The van der Waals surface area contributed by atoms with Crippen LogP contribution >= 0.6 is 15.9 Å². The van der Waals surface area contributed by atoms with Gasteiger partial charge in [0.15, 0.2) is 11.5 Å². The lowest BCUT2D eigenvalue weighted by atomic mass is 10.2. The second-order valence-electron chi connectivity index (χ2n) is 4.27. The minimum absolute atomic E-state index is 0.461. The van der Waals surface area contributed by atoms with Crippen LogP contribution in [0.15, 0.2) is 53.0 Å². The quantitative estimate of drug-likeness (QED) is 0.746. The van der Waals surface area contributed by atoms with E-state index >= 15 is 0 Å². The third-order valence-electron chi connectivity index (χ3n) is 2.83. The van der Waals surface area contributed by atoms with Gasteiger partial charge in [0.2, 0.25) is 0 Å². The van der Waals surface area contributed by atoms with Gasteiger partial charge in [0, 0.05) is 6.08 Å². The second kappa shape index (κ2) is 7.51. The van der Waals surface area contributed by atoms with E-state index in [1.165, 1.54) is 6.08 Å². The zero-order valence-electron chi connectivity index (χ0n) is 11.5. The van der Waals surface area contributed by atoms with Gasteiger partial charge in [-0.2, -0.15) is 5.26 Å². The lowest BCUT2D eigenvalue weighted by Gasteiger charge is -2.13. The van der Waals surface area contributed by atoms with E-state index in [0.717, 1.165) is 15.6 Å². The highest BCUT2D eigenvalue weighted by molar-refractivity contribution is 9.10. The van der Waals surface area contributed by atoms with Crippen LogP contribution in [-0.4, -0.2) is 7.11 Å². The zero-order chi connectivity index (χ0) is 15.1. The largest absolute Gasteiger partial charge is 0.493 e. The Bertz CT molecular complexity index is 675. The van der Waals surface area contributed by atoms with Crippen molar-refractivity contribution in [2.75, 3.05) is 7.11 Å². The number of rotatable bonds is 5. The van der Waals surface area contributed by atoms with Crippen molar-refractivity contribution in [2.45, 2.75) is 6.61 Å². The summed E-state index contributed by atoms with van der Waals surface area (Å²) < 4.78 is 12.0. The fraction of sp³-hybridized carbons (Fsp3) is 0.118. The first-order valence-electron chi connectivity index (χ1n) is 6.35. The molecule has 0 radical (unpaired) electrons. The van der Waals surface area contributed by atoms with Crippen LogP contribution in [0.2, 0.25) is 0 Å². The Labute approximate surface area is 132 Å². The smallest absolute Gasteiger partial charge is 0.175 e. The third kappa shape index (κ3) is 4.11. The average Bonchev–Trinajstić information content (AvgIpc) is 2.52. The summed E-state index contributed by atoms with van der Waals surface area (Å²) in [5, 5.41) is 8.58. The van der Waals surface area contributed by atoms with Crippen LogP contribution in [-0.2, 0) is 6.61 Å². The molecule has 0 amide bonds. The topological polar surface area (TPSA) is 42.2 Å². The number of nitrogens with zero attached hydrogens (tertiary/aromatic N) is 1. The molecule has 0 aliphatic carbocycles. The molecule has 3 nitrogen and oxygen atoms in total. The highest BCUT2D eigenvalue weighted by atomic mass is 79.9. The molecule has 0 saturated carbocycles. The van der Waals surface area contributed by atoms with Gasteiger partial charge in [-0.05, 0) is 45.3 Å². The fourth-order valence-corrected chi connectivity index (χ4v) is 2.41. The van der Waals surface area contributed by atoms with E-state index < -0.39 is 0 Å². The molecule has 4 heteroatoms. The maximum atomic E-state index is 8.58. The minimum atomic E-state index is 0.461. The van der Waals surface area contributed by atoms with Crippen molar-refractivity contribution in [1.29, 1.82) is 5.26 Å². The molecule has 0 unspecified atom stereocenters. The van der Waals surface area contributed by atoms with Gasteiger partial charge in [-0.1, -0.05) is 30.3 Å². The number of methoxy groups -OCH3 is 1. The van der Waals surface area contributed by atoms with Crippen LogP contribution in [0.3, 0.4) is 0 Å². The van der Waals surface area contributed by atoms with Crippen molar-refractivity contribution < 1.29 is 9.47 Å². The molecule has 106 valence electrons. The predicted octanol–water partition coefficient (Wildman–Crippen LogP) is 4.57. The zero-order valence-corrected chi connectivity index (χ0v) is 13.1. The SMILES string of the molecule is COc1cc(/C=C/C#N)cc(Br)c1OCc1ccccc1. The summed E-state index contributed by atoms with van der Waals surface area (Å²) in [7, 11) is 1.59. The van der Waals surface area contributed by atoms with E-state index in [1.54, 1.807) is 13.2 Å². The molecular formula is C17H14BrNO2. The summed E-state index contributed by atoms with van der Waals surface area (Å²) in [6.45, 7) is 0.461. The number of ether oxygens (including phenoxy) is 2. The normalized spacial score (nSPS) is 10.3. The van der Waals surface area contributed by atoms with E-state index in [9.17, 15) is 0 Å². The highest BCUT2D eigenvalue weighted by Crippen LogP contribution is 2.37. The van der Waals surface area contributed by atoms with E-state index in [0.29, 0.717) is 18.1 Å². The molecule has 2 aromatic carbocycles. The summed E-state index contributed by atoms with van der Waals surface area (Å²) in [6, 6.07) is 15.6. The second-order valence-corrected chi connectivity index (χ2v) is 5.13. The van der Waals surface area contributed by atoms with Crippen molar-refractivity contribution in [3.05, 3.63) is 64.1 Å². The van der Waals surface area contributed by atoms with E-state index in [2.05, 4.69) is 15.9 Å². The lowest BCUT2D eigenvalue weighted by Crippen LogP contribution is -1.98. The van der Waals surface area contributed by atoms with E-state index in [1.807, 2.05) is 48.5 Å². The lowest BCUT2D eigenvalue weighted by molar-refractivity contribution is 0.282. The molecule has 0 fully saturated rings. The number of hydrogen-bond donors (Lipinski definition) is 0. The van der Waals surface area contributed by atoms with Gasteiger partial charge in [0.25, 0.3) is 0 Å². The highest BCUT2D eigenvalue weighted by Gasteiger charge is 2.11. The van der Waals surface area contributed by atoms with Crippen LogP contribution in [0.4, 0.5) is 0 Å². The summed E-state index contributed by atoms with van der Waals surface area (Å²) >= 11 is 3.48. The summed E-state index contributed by atoms with van der Waals surface area (Å²) in [5.41, 5.74) is 1.95. The molecule has 0 heterocycles. The van der Waals surface area contributed by atoms with Crippen molar-refractivity contribution in [3.63, 3.8) is 0 Å². The van der Waals surface area contributed by atoms with Gasteiger partial charge >= 0.3 is 0 Å². The molecule has 0 aliphatic heterocycles. The van der Waals surface area contributed by atoms with Gasteiger partial charge in [0.1, 0.15) is 6.61 Å². The molecule has 0 bridgehead atoms. The maximum absolute atomic E-state index is 8.58. The molecule has 2 aromatic rings. The van der Waals surface area contributed by atoms with Crippen LogP contribution in [0.1, 0.15) is 11.1 Å². The Morgan fingerprint density at radius 1 is 1.24 bits per heavy atom. The van der Waals surface area contributed by atoms with Crippen LogP contribution < -0.4 is 9.47 Å². The average molecular weight is 344 g/mol. The van der Waals surface area contributed by atoms with Crippen LogP contribution in [0, 0.1) is 11.3 Å². The minimum Gasteiger partial charge on any atom is -0.493 e. The van der Waals surface area contributed by atoms with Crippen molar-refractivity contribution >= 4 is 22.0 Å². The number of hydrogen-bond acceptors (Lipinski definition) is 3. The van der Waals surface area contributed by atoms with Gasteiger partial charge < -0.3 is 9.47 Å². The molecule has 0 saturated heterocycles. The number of benzene rings is 2. The number of halogens is 1. The molecule has 2 rings (SSSR count). The summed E-state index contributed by atoms with van der Waals surface area (Å²) in [6.07, 6.45) is 3.14. The molecule has 0 spiro atoms. The Kier molecular flexibility index (Phi) is 5.42.